The average molecular weight is 374 g/mol. The lowest BCUT2D eigenvalue weighted by atomic mass is 10.2. The molecule has 2 aromatic rings. The van der Waals surface area contributed by atoms with E-state index in [0.717, 1.165) is 10.6 Å². The van der Waals surface area contributed by atoms with Gasteiger partial charge in [-0.15, -0.1) is 0 Å². The number of esters is 2. The van der Waals surface area contributed by atoms with Gasteiger partial charge in [-0.3, -0.25) is 9.59 Å². The first-order valence-electron chi connectivity index (χ1n) is 8.20. The molecule has 0 amide bonds. The third-order valence-electron chi connectivity index (χ3n) is 3.03. The summed E-state index contributed by atoms with van der Waals surface area (Å²) in [6.07, 6.45) is 0. The minimum absolute atomic E-state index is 0.338. The first kappa shape index (κ1) is 20.1. The van der Waals surface area contributed by atoms with E-state index in [2.05, 4.69) is 0 Å². The summed E-state index contributed by atoms with van der Waals surface area (Å²) in [7, 11) is -1.09. The molecule has 0 aliphatic heterocycles. The summed E-state index contributed by atoms with van der Waals surface area (Å²) in [5.74, 6) is 0.286. The monoisotopic (exact) mass is 374 g/mol. The van der Waals surface area contributed by atoms with Gasteiger partial charge in [0, 0.05) is 24.5 Å². The fourth-order valence-corrected chi connectivity index (χ4v) is 4.06. The summed E-state index contributed by atoms with van der Waals surface area (Å²) in [6, 6.07) is 14.6. The van der Waals surface area contributed by atoms with E-state index in [1.54, 1.807) is 24.3 Å². The molecule has 0 N–H and O–H groups in total. The molecular formula is C20H23O5P. The fraction of sp³-hybridized carbons (Fsp3) is 0.300. The van der Waals surface area contributed by atoms with E-state index in [0.29, 0.717) is 11.5 Å². The van der Waals surface area contributed by atoms with E-state index in [9.17, 15) is 9.59 Å². The summed E-state index contributed by atoms with van der Waals surface area (Å²) in [5, 5.41) is 1.98. The number of benzene rings is 2. The Balaban J connectivity index is 2.31. The first-order chi connectivity index (χ1) is 12.1. The van der Waals surface area contributed by atoms with Crippen molar-refractivity contribution in [1.82, 2.24) is 0 Å². The molecule has 6 heteroatoms. The van der Waals surface area contributed by atoms with Crippen LogP contribution in [0.1, 0.15) is 34.6 Å². The Morgan fingerprint density at radius 2 is 1.08 bits per heavy atom. The minimum Gasteiger partial charge on any atom is -0.427 e. The van der Waals surface area contributed by atoms with Crippen molar-refractivity contribution in [3.05, 3.63) is 48.5 Å². The van der Waals surface area contributed by atoms with Gasteiger partial charge in [-0.1, -0.05) is 0 Å². The molecule has 26 heavy (non-hydrogen) atoms. The molecule has 0 heterocycles. The van der Waals surface area contributed by atoms with Gasteiger partial charge >= 0.3 is 11.9 Å². The molecular weight excluding hydrogens is 351 g/mol. The van der Waals surface area contributed by atoms with Crippen LogP contribution in [-0.2, 0) is 14.1 Å². The summed E-state index contributed by atoms with van der Waals surface area (Å²) in [6.45, 7) is 8.75. The predicted octanol–water partition coefficient (Wildman–Crippen LogP) is 3.70. The van der Waals surface area contributed by atoms with Crippen molar-refractivity contribution in [2.75, 3.05) is 0 Å². The van der Waals surface area contributed by atoms with Gasteiger partial charge in [0.2, 0.25) is 0 Å². The number of carbonyl (C=O) groups is 2. The van der Waals surface area contributed by atoms with Crippen LogP contribution in [0.4, 0.5) is 0 Å². The molecule has 138 valence electrons. The second-order valence-electron chi connectivity index (χ2n) is 6.67. The lowest BCUT2D eigenvalue weighted by molar-refractivity contribution is -0.132. The van der Waals surface area contributed by atoms with Crippen molar-refractivity contribution in [2.45, 2.75) is 40.2 Å². The maximum absolute atomic E-state index is 11.1. The van der Waals surface area contributed by atoms with Crippen molar-refractivity contribution in [3.63, 3.8) is 0 Å². The molecule has 0 aromatic heterocycles. The second-order valence-corrected chi connectivity index (χ2v) is 8.48. The second kappa shape index (κ2) is 8.43. The Morgan fingerprint density at radius 1 is 0.731 bits per heavy atom. The van der Waals surface area contributed by atoms with Crippen LogP contribution >= 0.6 is 8.15 Å². The normalized spacial score (nSPS) is 11.3. The molecule has 5 nitrogen and oxygen atoms in total. The van der Waals surface area contributed by atoms with Crippen molar-refractivity contribution >= 4 is 30.7 Å². The maximum atomic E-state index is 11.1. The van der Waals surface area contributed by atoms with Crippen molar-refractivity contribution in [3.8, 4) is 11.5 Å². The zero-order valence-corrected chi connectivity index (χ0v) is 16.5. The van der Waals surface area contributed by atoms with Gasteiger partial charge in [0.05, 0.1) is 13.7 Å². The Kier molecular flexibility index (Phi) is 6.52. The fourth-order valence-electron chi connectivity index (χ4n) is 2.16. The van der Waals surface area contributed by atoms with Gasteiger partial charge < -0.3 is 14.0 Å². The summed E-state index contributed by atoms with van der Waals surface area (Å²) >= 11 is 0. The van der Waals surface area contributed by atoms with Crippen molar-refractivity contribution in [1.29, 1.82) is 0 Å². The van der Waals surface area contributed by atoms with Gasteiger partial charge in [0.25, 0.3) is 0 Å². The highest BCUT2D eigenvalue weighted by Gasteiger charge is 2.23. The van der Waals surface area contributed by atoms with Crippen molar-refractivity contribution in [2.24, 2.45) is 0 Å². The van der Waals surface area contributed by atoms with E-state index in [1.807, 2.05) is 45.0 Å². The smallest absolute Gasteiger partial charge is 0.308 e. The number of rotatable bonds is 5. The van der Waals surface area contributed by atoms with Gasteiger partial charge in [-0.05, 0) is 69.3 Å². The first-order valence-corrected chi connectivity index (χ1v) is 9.46. The SMILES string of the molecule is CC(=O)Oc1ccc(P(OC(C)(C)C)c2ccc(OC(C)=O)cc2)cc1. The van der Waals surface area contributed by atoms with Crippen LogP contribution in [0.5, 0.6) is 11.5 Å². The van der Waals surface area contributed by atoms with Gasteiger partial charge in [-0.25, -0.2) is 0 Å². The molecule has 0 saturated carbocycles. The molecule has 2 aromatic carbocycles. The van der Waals surface area contributed by atoms with Crippen LogP contribution in [0.25, 0.3) is 0 Å². The number of ether oxygens (including phenoxy) is 2. The molecule has 0 aliphatic rings. The molecule has 0 saturated heterocycles. The molecule has 0 unspecified atom stereocenters. The summed E-state index contributed by atoms with van der Waals surface area (Å²) in [5.41, 5.74) is -0.338. The van der Waals surface area contributed by atoms with Crippen LogP contribution in [0.2, 0.25) is 0 Å². The van der Waals surface area contributed by atoms with E-state index in [1.165, 1.54) is 13.8 Å². The largest absolute Gasteiger partial charge is 0.427 e. The Labute approximate surface area is 155 Å². The average Bonchev–Trinajstić information content (AvgIpc) is 2.52. The number of hydrogen-bond donors (Lipinski definition) is 0. The van der Waals surface area contributed by atoms with Gasteiger partial charge in [0.15, 0.2) is 0 Å². The third kappa shape index (κ3) is 6.25. The Morgan fingerprint density at radius 3 is 1.35 bits per heavy atom. The molecule has 0 fully saturated rings. The third-order valence-corrected chi connectivity index (χ3v) is 5.30. The number of hydrogen-bond acceptors (Lipinski definition) is 5. The number of carbonyl (C=O) groups excluding carboxylic acids is 2. The standard InChI is InChI=1S/C20H23O5P/c1-14(21)23-16-6-10-18(11-7-16)26(25-20(3,4)5)19-12-8-17(9-13-19)24-15(2)22/h6-13H,1-5H3. The van der Waals surface area contributed by atoms with Crippen molar-refractivity contribution < 1.29 is 23.6 Å². The van der Waals surface area contributed by atoms with Crippen LogP contribution < -0.4 is 20.1 Å². The van der Waals surface area contributed by atoms with Crippen LogP contribution in [0.3, 0.4) is 0 Å². The quantitative estimate of drug-likeness (QED) is 0.454. The van der Waals surface area contributed by atoms with E-state index < -0.39 is 8.15 Å². The van der Waals surface area contributed by atoms with Gasteiger partial charge in [-0.2, -0.15) is 0 Å². The summed E-state index contributed by atoms with van der Waals surface area (Å²) in [4.78, 5) is 22.1. The Bertz CT molecular complexity index is 701. The van der Waals surface area contributed by atoms with Gasteiger partial charge in [0.1, 0.15) is 11.5 Å². The highest BCUT2D eigenvalue weighted by Crippen LogP contribution is 2.40. The topological polar surface area (TPSA) is 61.8 Å². The molecule has 0 spiro atoms. The van der Waals surface area contributed by atoms with Crippen LogP contribution in [-0.4, -0.2) is 17.5 Å². The summed E-state index contributed by atoms with van der Waals surface area (Å²) < 4.78 is 16.5. The van der Waals surface area contributed by atoms with E-state index in [-0.39, 0.29) is 17.5 Å². The van der Waals surface area contributed by atoms with E-state index in [4.69, 9.17) is 14.0 Å². The zero-order valence-electron chi connectivity index (χ0n) is 15.6. The highest BCUT2D eigenvalue weighted by atomic mass is 31.1. The molecule has 0 aliphatic carbocycles. The lowest BCUT2D eigenvalue weighted by Crippen LogP contribution is -2.24. The zero-order chi connectivity index (χ0) is 19.3. The Hall–Kier alpha value is -2.23. The highest BCUT2D eigenvalue weighted by molar-refractivity contribution is 7.68. The van der Waals surface area contributed by atoms with E-state index >= 15 is 0 Å². The minimum atomic E-state index is -1.09. The maximum Gasteiger partial charge on any atom is 0.308 e. The molecule has 0 atom stereocenters. The van der Waals surface area contributed by atoms with Crippen LogP contribution in [0.15, 0.2) is 48.5 Å². The molecule has 2 rings (SSSR count). The molecule has 0 radical (unpaired) electrons. The predicted molar refractivity (Wildman–Crippen MR) is 103 cm³/mol. The molecule has 0 bridgehead atoms. The van der Waals surface area contributed by atoms with Crippen LogP contribution in [0, 0.1) is 0 Å². The lowest BCUT2D eigenvalue weighted by Gasteiger charge is -2.28.